The number of unbranched alkanes of at least 4 members (excludes halogenated alkanes) is 1. The SMILES string of the molecule is CC(C)N(CCCCc1nc2ccc(C(C)(C)C)cc2[nH]1)C[C@@H]1CC[C@H](n2cnc3c(N)ncnc32)O1. The zero-order valence-corrected chi connectivity index (χ0v) is 22.7. The zero-order valence-electron chi connectivity index (χ0n) is 22.7. The second kappa shape index (κ2) is 10.4. The molecule has 1 fully saturated rings. The van der Waals surface area contributed by atoms with Crippen LogP contribution in [0.1, 0.15) is 77.9 Å². The molecule has 37 heavy (non-hydrogen) atoms. The third-order valence-corrected chi connectivity index (χ3v) is 7.46. The van der Waals surface area contributed by atoms with Crippen molar-refractivity contribution in [2.45, 2.75) is 90.5 Å². The van der Waals surface area contributed by atoms with Crippen LogP contribution in [0.2, 0.25) is 0 Å². The molecule has 0 amide bonds. The number of nitrogens with zero attached hydrogens (tertiary/aromatic N) is 6. The van der Waals surface area contributed by atoms with E-state index in [0.717, 1.165) is 67.7 Å². The second-order valence-corrected chi connectivity index (χ2v) is 11.6. The lowest BCUT2D eigenvalue weighted by atomic mass is 9.87. The summed E-state index contributed by atoms with van der Waals surface area (Å²) in [6, 6.07) is 7.04. The van der Waals surface area contributed by atoms with E-state index in [2.05, 4.69) is 77.7 Å². The Morgan fingerprint density at radius 3 is 2.78 bits per heavy atom. The summed E-state index contributed by atoms with van der Waals surface area (Å²) < 4.78 is 8.43. The van der Waals surface area contributed by atoms with Gasteiger partial charge in [0.2, 0.25) is 0 Å². The summed E-state index contributed by atoms with van der Waals surface area (Å²) in [5, 5.41) is 0. The minimum absolute atomic E-state index is 0.0646. The Hall–Kier alpha value is -3.04. The number of rotatable bonds is 9. The van der Waals surface area contributed by atoms with Gasteiger partial charge in [-0.1, -0.05) is 26.8 Å². The van der Waals surface area contributed by atoms with Crippen molar-refractivity contribution < 1.29 is 4.74 Å². The summed E-state index contributed by atoms with van der Waals surface area (Å²) in [6.45, 7) is 13.2. The summed E-state index contributed by atoms with van der Waals surface area (Å²) in [7, 11) is 0. The van der Waals surface area contributed by atoms with E-state index in [1.165, 1.54) is 11.9 Å². The lowest BCUT2D eigenvalue weighted by Gasteiger charge is -2.29. The van der Waals surface area contributed by atoms with E-state index in [1.54, 1.807) is 6.33 Å². The molecule has 1 aliphatic heterocycles. The topological polar surface area (TPSA) is 111 Å². The number of H-pyrrole nitrogens is 1. The van der Waals surface area contributed by atoms with Crippen LogP contribution >= 0.6 is 0 Å². The van der Waals surface area contributed by atoms with Gasteiger partial charge in [-0.25, -0.2) is 19.9 Å². The molecule has 3 aromatic heterocycles. The molecule has 0 bridgehead atoms. The third kappa shape index (κ3) is 5.62. The van der Waals surface area contributed by atoms with Crippen LogP contribution in [0.25, 0.3) is 22.2 Å². The second-order valence-electron chi connectivity index (χ2n) is 11.6. The van der Waals surface area contributed by atoms with E-state index < -0.39 is 0 Å². The molecule has 4 heterocycles. The lowest BCUT2D eigenvalue weighted by Crippen LogP contribution is -2.38. The predicted octanol–water partition coefficient (Wildman–Crippen LogP) is 4.99. The summed E-state index contributed by atoms with van der Waals surface area (Å²) in [4.78, 5) is 23.7. The number of fused-ring (bicyclic) bond motifs is 2. The van der Waals surface area contributed by atoms with Crippen molar-refractivity contribution >= 4 is 28.0 Å². The Balaban J connectivity index is 1.13. The number of nitrogens with one attached hydrogen (secondary N) is 1. The fourth-order valence-corrected chi connectivity index (χ4v) is 5.18. The van der Waals surface area contributed by atoms with Gasteiger partial charge in [0.05, 0.1) is 23.5 Å². The Morgan fingerprint density at radius 2 is 2.00 bits per heavy atom. The van der Waals surface area contributed by atoms with Crippen molar-refractivity contribution in [3.8, 4) is 0 Å². The lowest BCUT2D eigenvalue weighted by molar-refractivity contribution is -0.0160. The fourth-order valence-electron chi connectivity index (χ4n) is 5.18. The Morgan fingerprint density at radius 1 is 1.16 bits per heavy atom. The number of aromatic nitrogens is 6. The fraction of sp³-hybridized carbons (Fsp3) is 0.571. The minimum Gasteiger partial charge on any atom is -0.382 e. The van der Waals surface area contributed by atoms with Gasteiger partial charge in [-0.2, -0.15) is 0 Å². The maximum Gasteiger partial charge on any atom is 0.167 e. The number of hydrogen-bond acceptors (Lipinski definition) is 7. The molecule has 4 aromatic rings. The first-order chi connectivity index (χ1) is 17.7. The van der Waals surface area contributed by atoms with Gasteiger partial charge in [0.1, 0.15) is 23.9 Å². The maximum absolute atomic E-state index is 6.44. The summed E-state index contributed by atoms with van der Waals surface area (Å²) in [5.74, 6) is 1.48. The van der Waals surface area contributed by atoms with Crippen LogP contribution in [0, 0.1) is 0 Å². The highest BCUT2D eigenvalue weighted by Crippen LogP contribution is 2.32. The molecular weight excluding hydrogens is 464 g/mol. The van der Waals surface area contributed by atoms with Gasteiger partial charge in [0.15, 0.2) is 11.5 Å². The van der Waals surface area contributed by atoms with E-state index in [0.29, 0.717) is 17.4 Å². The molecule has 3 N–H and O–H groups in total. The number of anilines is 1. The van der Waals surface area contributed by atoms with Gasteiger partial charge in [0.25, 0.3) is 0 Å². The van der Waals surface area contributed by atoms with Gasteiger partial charge < -0.3 is 15.5 Å². The minimum atomic E-state index is -0.0646. The molecule has 0 aliphatic carbocycles. The van der Waals surface area contributed by atoms with E-state index in [1.807, 2.05) is 4.57 Å². The molecule has 2 atom stereocenters. The maximum atomic E-state index is 6.44. The number of hydrogen-bond donors (Lipinski definition) is 2. The van der Waals surface area contributed by atoms with Crippen LogP contribution in [0.4, 0.5) is 5.82 Å². The molecule has 0 unspecified atom stereocenters. The van der Waals surface area contributed by atoms with Crippen LogP contribution in [-0.2, 0) is 16.6 Å². The molecule has 1 aliphatic rings. The van der Waals surface area contributed by atoms with Gasteiger partial charge in [-0.3, -0.25) is 9.47 Å². The highest BCUT2D eigenvalue weighted by molar-refractivity contribution is 5.81. The number of aryl methyl sites for hydroxylation is 1. The monoisotopic (exact) mass is 504 g/mol. The van der Waals surface area contributed by atoms with Crippen molar-refractivity contribution in [3.63, 3.8) is 0 Å². The molecular formula is C28H40N8O. The molecule has 198 valence electrons. The van der Waals surface area contributed by atoms with Crippen molar-refractivity contribution in [1.29, 1.82) is 0 Å². The van der Waals surface area contributed by atoms with E-state index in [4.69, 9.17) is 15.5 Å². The van der Waals surface area contributed by atoms with E-state index >= 15 is 0 Å². The van der Waals surface area contributed by atoms with Crippen LogP contribution in [0.3, 0.4) is 0 Å². The van der Waals surface area contributed by atoms with Gasteiger partial charge in [0, 0.05) is 19.0 Å². The normalized spacial score (nSPS) is 18.7. The van der Waals surface area contributed by atoms with Gasteiger partial charge >= 0.3 is 0 Å². The number of aromatic amines is 1. The van der Waals surface area contributed by atoms with E-state index in [-0.39, 0.29) is 17.7 Å². The van der Waals surface area contributed by atoms with Crippen LogP contribution in [0.5, 0.6) is 0 Å². The Bertz CT molecular complexity index is 1350. The van der Waals surface area contributed by atoms with Crippen molar-refractivity contribution in [2.24, 2.45) is 0 Å². The smallest absolute Gasteiger partial charge is 0.167 e. The summed E-state index contributed by atoms with van der Waals surface area (Å²) >= 11 is 0. The molecule has 1 saturated heterocycles. The van der Waals surface area contributed by atoms with Crippen LogP contribution in [0.15, 0.2) is 30.9 Å². The molecule has 0 radical (unpaired) electrons. The number of imidazole rings is 2. The van der Waals surface area contributed by atoms with E-state index in [9.17, 15) is 0 Å². The number of nitrogen functional groups attached to an aromatic ring is 1. The Kier molecular flexibility index (Phi) is 7.18. The first-order valence-corrected chi connectivity index (χ1v) is 13.5. The highest BCUT2D eigenvalue weighted by Gasteiger charge is 2.30. The summed E-state index contributed by atoms with van der Waals surface area (Å²) in [6.07, 6.45) is 8.53. The first kappa shape index (κ1) is 25.6. The number of nitrogens with two attached hydrogens (primary N) is 1. The molecule has 5 rings (SSSR count). The molecule has 0 saturated carbocycles. The largest absolute Gasteiger partial charge is 0.382 e. The number of benzene rings is 1. The average molecular weight is 505 g/mol. The van der Waals surface area contributed by atoms with Crippen molar-refractivity contribution in [3.05, 3.63) is 42.2 Å². The molecule has 0 spiro atoms. The molecule has 9 heteroatoms. The number of ether oxygens (including phenoxy) is 1. The summed E-state index contributed by atoms with van der Waals surface area (Å²) in [5.41, 5.74) is 11.0. The molecule has 1 aromatic carbocycles. The predicted molar refractivity (Wildman–Crippen MR) is 147 cm³/mol. The van der Waals surface area contributed by atoms with Crippen molar-refractivity contribution in [2.75, 3.05) is 18.8 Å². The zero-order chi connectivity index (χ0) is 26.2. The van der Waals surface area contributed by atoms with Crippen molar-refractivity contribution in [1.82, 2.24) is 34.4 Å². The Labute approximate surface area is 218 Å². The molecule has 9 nitrogen and oxygen atoms in total. The van der Waals surface area contributed by atoms with Crippen LogP contribution in [-0.4, -0.2) is 59.6 Å². The standard InChI is InChI=1S/C28H40N8O/c1-18(2)35(13-7-6-8-23-33-21-11-9-19(28(3,4)5)14-22(21)34-23)15-20-10-12-24(37-20)36-17-32-25-26(29)30-16-31-27(25)36/h9,11,14,16-18,20,24H,6-8,10,12-13,15H2,1-5H3,(H,33,34)(H2,29,30,31)/t20-,24+/m0/s1. The third-order valence-electron chi connectivity index (χ3n) is 7.46. The average Bonchev–Trinajstić information content (AvgIpc) is 3.57. The van der Waals surface area contributed by atoms with Crippen LogP contribution < -0.4 is 5.73 Å². The van der Waals surface area contributed by atoms with Gasteiger partial charge in [-0.05, 0) is 69.2 Å². The quantitative estimate of drug-likeness (QED) is 0.309. The van der Waals surface area contributed by atoms with Gasteiger partial charge in [-0.15, -0.1) is 0 Å². The first-order valence-electron chi connectivity index (χ1n) is 13.5. The highest BCUT2D eigenvalue weighted by atomic mass is 16.5.